The lowest BCUT2D eigenvalue weighted by Crippen LogP contribution is -2.56. The van der Waals surface area contributed by atoms with Crippen molar-refractivity contribution in [1.82, 2.24) is 20.7 Å². The second-order valence-electron chi connectivity index (χ2n) is 6.16. The van der Waals surface area contributed by atoms with E-state index in [9.17, 15) is 0 Å². The quantitative estimate of drug-likeness (QED) is 0.724. The molecule has 3 aliphatic rings. The topological polar surface area (TPSA) is 30.5 Å². The van der Waals surface area contributed by atoms with Gasteiger partial charge in [-0.1, -0.05) is 6.42 Å². The molecule has 1 heterocycles. The highest BCUT2D eigenvalue weighted by molar-refractivity contribution is 7.80. The molecule has 2 saturated carbocycles. The smallest absolute Gasteiger partial charge is 0.181 e. The number of likely N-dealkylation sites (N-methyl/N-ethyl adjacent to an activating group) is 1. The summed E-state index contributed by atoms with van der Waals surface area (Å²) in [5.41, 5.74) is 3.35. The third-order valence-corrected chi connectivity index (χ3v) is 5.03. The molecule has 3 rings (SSSR count). The van der Waals surface area contributed by atoms with Crippen molar-refractivity contribution in [2.75, 3.05) is 33.2 Å². The van der Waals surface area contributed by atoms with Gasteiger partial charge in [0.1, 0.15) is 0 Å². The minimum absolute atomic E-state index is 0.635. The maximum absolute atomic E-state index is 5.44. The number of hydrogen-bond donors (Lipinski definition) is 2. The standard InChI is InChI=1S/C13H24N4S/c1-16-4-6-17(7-5-16)15-13(18)14-12-9-10-2-3-11(12)8-10/h10-12H,2-9H2,1H3,(H2,14,15,18)/t10-,11+,12-/m0/s1. The monoisotopic (exact) mass is 268 g/mol. The van der Waals surface area contributed by atoms with Crippen molar-refractivity contribution in [2.45, 2.75) is 31.7 Å². The first-order chi connectivity index (χ1) is 8.70. The summed E-state index contributed by atoms with van der Waals surface area (Å²) < 4.78 is 0. The van der Waals surface area contributed by atoms with Crippen LogP contribution in [0.4, 0.5) is 0 Å². The Hall–Kier alpha value is -0.390. The second kappa shape index (κ2) is 5.31. The molecule has 0 aromatic heterocycles. The molecule has 3 atom stereocenters. The molecule has 4 nitrogen and oxygen atoms in total. The zero-order valence-electron chi connectivity index (χ0n) is 11.2. The van der Waals surface area contributed by atoms with Gasteiger partial charge in [-0.15, -0.1) is 0 Å². The number of rotatable bonds is 2. The SMILES string of the molecule is CN1CCN(NC(=S)N[C@H]2C[C@H]3CC[C@@H]2C3)CC1. The van der Waals surface area contributed by atoms with E-state index in [1.165, 1.54) is 25.7 Å². The predicted octanol–water partition coefficient (Wildman–Crippen LogP) is 0.801. The molecule has 0 aromatic carbocycles. The van der Waals surface area contributed by atoms with Crippen molar-refractivity contribution >= 4 is 17.3 Å². The summed E-state index contributed by atoms with van der Waals surface area (Å²) in [5, 5.41) is 6.60. The van der Waals surface area contributed by atoms with Crippen molar-refractivity contribution in [3.63, 3.8) is 0 Å². The van der Waals surface area contributed by atoms with Crippen molar-refractivity contribution in [3.05, 3.63) is 0 Å². The Morgan fingerprint density at radius 3 is 2.50 bits per heavy atom. The number of thiocarbonyl (C=S) groups is 1. The van der Waals surface area contributed by atoms with Crippen LogP contribution in [-0.4, -0.2) is 54.3 Å². The average Bonchev–Trinajstić information content (AvgIpc) is 2.94. The molecule has 0 aromatic rings. The van der Waals surface area contributed by atoms with Gasteiger partial charge in [-0.2, -0.15) is 0 Å². The molecule has 0 unspecified atom stereocenters. The minimum atomic E-state index is 0.635. The fourth-order valence-electron chi connectivity index (χ4n) is 3.68. The minimum Gasteiger partial charge on any atom is -0.359 e. The molecular weight excluding hydrogens is 244 g/mol. The number of hydrazine groups is 1. The lowest BCUT2D eigenvalue weighted by Gasteiger charge is -2.34. The predicted molar refractivity (Wildman–Crippen MR) is 77.2 cm³/mol. The Morgan fingerprint density at radius 2 is 1.89 bits per heavy atom. The van der Waals surface area contributed by atoms with Gasteiger partial charge < -0.3 is 10.2 Å². The van der Waals surface area contributed by atoms with Gasteiger partial charge in [0.15, 0.2) is 5.11 Å². The Balaban J connectivity index is 1.42. The molecular formula is C13H24N4S. The Kier molecular flexibility index (Phi) is 3.73. The van der Waals surface area contributed by atoms with Gasteiger partial charge in [-0.25, -0.2) is 5.01 Å². The molecule has 3 fully saturated rings. The molecule has 18 heavy (non-hydrogen) atoms. The third-order valence-electron chi connectivity index (χ3n) is 4.82. The van der Waals surface area contributed by atoms with Crippen LogP contribution in [0, 0.1) is 11.8 Å². The highest BCUT2D eigenvalue weighted by Crippen LogP contribution is 2.44. The van der Waals surface area contributed by atoms with Crippen LogP contribution in [0.3, 0.4) is 0 Å². The van der Waals surface area contributed by atoms with Gasteiger partial charge in [-0.3, -0.25) is 5.43 Å². The number of fused-ring (bicyclic) bond motifs is 2. The molecule has 0 amide bonds. The first-order valence-electron chi connectivity index (χ1n) is 7.21. The fraction of sp³-hybridized carbons (Fsp3) is 0.923. The van der Waals surface area contributed by atoms with Crippen molar-refractivity contribution in [2.24, 2.45) is 11.8 Å². The second-order valence-corrected chi connectivity index (χ2v) is 6.57. The molecule has 0 radical (unpaired) electrons. The summed E-state index contributed by atoms with van der Waals surface area (Å²) in [6.07, 6.45) is 5.60. The van der Waals surface area contributed by atoms with E-state index < -0.39 is 0 Å². The molecule has 0 spiro atoms. The van der Waals surface area contributed by atoms with Crippen LogP contribution < -0.4 is 10.7 Å². The molecule has 1 saturated heterocycles. The summed E-state index contributed by atoms with van der Waals surface area (Å²) >= 11 is 5.44. The summed E-state index contributed by atoms with van der Waals surface area (Å²) in [6.45, 7) is 4.33. The fourth-order valence-corrected chi connectivity index (χ4v) is 3.96. The molecule has 1 aliphatic heterocycles. The molecule has 102 valence electrons. The lowest BCUT2D eigenvalue weighted by molar-refractivity contribution is 0.129. The zero-order valence-corrected chi connectivity index (χ0v) is 12.0. The van der Waals surface area contributed by atoms with E-state index in [-0.39, 0.29) is 0 Å². The maximum Gasteiger partial charge on any atom is 0.181 e. The van der Waals surface area contributed by atoms with Crippen LogP contribution in [0.25, 0.3) is 0 Å². The maximum atomic E-state index is 5.44. The van der Waals surface area contributed by atoms with E-state index in [4.69, 9.17) is 12.2 Å². The molecule has 5 heteroatoms. The summed E-state index contributed by atoms with van der Waals surface area (Å²) in [7, 11) is 2.17. The number of piperazine rings is 1. The van der Waals surface area contributed by atoms with Crippen molar-refractivity contribution in [3.8, 4) is 0 Å². The van der Waals surface area contributed by atoms with Crippen molar-refractivity contribution in [1.29, 1.82) is 0 Å². The van der Waals surface area contributed by atoms with E-state index in [2.05, 4.69) is 27.7 Å². The Morgan fingerprint density at radius 1 is 1.11 bits per heavy atom. The molecule has 2 N–H and O–H groups in total. The van der Waals surface area contributed by atoms with Crippen LogP contribution in [0.5, 0.6) is 0 Å². The first-order valence-corrected chi connectivity index (χ1v) is 7.62. The summed E-state index contributed by atoms with van der Waals surface area (Å²) in [6, 6.07) is 0.635. The highest BCUT2D eigenvalue weighted by atomic mass is 32.1. The summed E-state index contributed by atoms with van der Waals surface area (Å²) in [5.74, 6) is 1.85. The van der Waals surface area contributed by atoms with Crippen LogP contribution in [-0.2, 0) is 0 Å². The molecule has 2 aliphatic carbocycles. The van der Waals surface area contributed by atoms with Gasteiger partial charge in [0.05, 0.1) is 0 Å². The van der Waals surface area contributed by atoms with Crippen molar-refractivity contribution < 1.29 is 0 Å². The first kappa shape index (κ1) is 12.6. The number of nitrogens with zero attached hydrogens (tertiary/aromatic N) is 2. The van der Waals surface area contributed by atoms with E-state index >= 15 is 0 Å². The Labute approximate surface area is 115 Å². The van der Waals surface area contributed by atoms with E-state index in [1.54, 1.807) is 0 Å². The number of hydrogen-bond acceptors (Lipinski definition) is 3. The van der Waals surface area contributed by atoms with Crippen LogP contribution in [0.15, 0.2) is 0 Å². The molecule has 2 bridgehead atoms. The zero-order chi connectivity index (χ0) is 12.5. The Bertz CT molecular complexity index is 314. The van der Waals surface area contributed by atoms with Crippen LogP contribution in [0.2, 0.25) is 0 Å². The van der Waals surface area contributed by atoms with Gasteiger partial charge in [0, 0.05) is 32.2 Å². The normalized spacial score (nSPS) is 36.8. The van der Waals surface area contributed by atoms with Gasteiger partial charge >= 0.3 is 0 Å². The van der Waals surface area contributed by atoms with Crippen LogP contribution in [0.1, 0.15) is 25.7 Å². The number of nitrogens with one attached hydrogen (secondary N) is 2. The highest BCUT2D eigenvalue weighted by Gasteiger charge is 2.39. The van der Waals surface area contributed by atoms with E-state index in [0.717, 1.165) is 43.1 Å². The average molecular weight is 268 g/mol. The van der Waals surface area contributed by atoms with Crippen LogP contribution >= 0.6 is 12.2 Å². The summed E-state index contributed by atoms with van der Waals surface area (Å²) in [4.78, 5) is 2.35. The van der Waals surface area contributed by atoms with E-state index in [0.29, 0.717) is 6.04 Å². The van der Waals surface area contributed by atoms with E-state index in [1.807, 2.05) is 0 Å². The third kappa shape index (κ3) is 2.78. The lowest BCUT2D eigenvalue weighted by atomic mass is 9.96. The van der Waals surface area contributed by atoms with Gasteiger partial charge in [-0.05, 0) is 50.4 Å². The largest absolute Gasteiger partial charge is 0.359 e. The van der Waals surface area contributed by atoms with Gasteiger partial charge in [0.2, 0.25) is 0 Å². The van der Waals surface area contributed by atoms with Gasteiger partial charge in [0.25, 0.3) is 0 Å².